The summed E-state index contributed by atoms with van der Waals surface area (Å²) in [4.78, 5) is 11.8. The Labute approximate surface area is 150 Å². The van der Waals surface area contributed by atoms with E-state index in [0.717, 1.165) is 51.5 Å². The minimum atomic E-state index is -0.560. The lowest BCUT2D eigenvalue weighted by Gasteiger charge is -2.24. The van der Waals surface area contributed by atoms with Crippen molar-refractivity contribution in [1.82, 2.24) is 0 Å². The van der Waals surface area contributed by atoms with Gasteiger partial charge in [-0.3, -0.25) is 4.79 Å². The number of hydrogen-bond donors (Lipinski definition) is 2. The second-order valence-electron chi connectivity index (χ2n) is 7.40. The number of unbranched alkanes of at least 4 members (excludes halogenated alkanes) is 9. The molecule has 0 fully saturated rings. The fourth-order valence-electron chi connectivity index (χ4n) is 3.64. The standard InChI is InChI=1S/C21H43NO2/c1-3-5-11-15-19(16-13-9-7-8-10-14-18-22)20(21(23)24)17-12-6-4-2/h19-20H,3-18,22H2,1-2H3,(H,23,24). The van der Waals surface area contributed by atoms with Gasteiger partial charge in [-0.15, -0.1) is 0 Å². The van der Waals surface area contributed by atoms with Crippen LogP contribution >= 0.6 is 0 Å². The molecule has 0 bridgehead atoms. The Bertz CT molecular complexity index is 281. The minimum Gasteiger partial charge on any atom is -0.481 e. The Kier molecular flexibility index (Phi) is 16.8. The molecule has 3 nitrogen and oxygen atoms in total. The van der Waals surface area contributed by atoms with Gasteiger partial charge in [0.2, 0.25) is 0 Å². The van der Waals surface area contributed by atoms with Crippen molar-refractivity contribution < 1.29 is 9.90 Å². The van der Waals surface area contributed by atoms with E-state index in [1.54, 1.807) is 0 Å². The number of carbonyl (C=O) groups is 1. The summed E-state index contributed by atoms with van der Waals surface area (Å²) in [7, 11) is 0. The summed E-state index contributed by atoms with van der Waals surface area (Å²) in [5.74, 6) is -0.295. The molecule has 0 aliphatic rings. The zero-order valence-corrected chi connectivity index (χ0v) is 16.4. The monoisotopic (exact) mass is 341 g/mol. The fourth-order valence-corrected chi connectivity index (χ4v) is 3.64. The van der Waals surface area contributed by atoms with E-state index in [1.807, 2.05) is 0 Å². The molecule has 3 heteroatoms. The summed E-state index contributed by atoms with van der Waals surface area (Å²) in [5, 5.41) is 9.69. The summed E-state index contributed by atoms with van der Waals surface area (Å²) < 4.78 is 0. The van der Waals surface area contributed by atoms with Crippen LogP contribution < -0.4 is 5.73 Å². The summed E-state index contributed by atoms with van der Waals surface area (Å²) >= 11 is 0. The SMILES string of the molecule is CCCCCC(CCCCCCCCN)C(CCCCC)C(=O)O. The molecule has 3 N–H and O–H groups in total. The van der Waals surface area contributed by atoms with Gasteiger partial charge < -0.3 is 10.8 Å². The van der Waals surface area contributed by atoms with Crippen LogP contribution in [0.1, 0.15) is 110 Å². The van der Waals surface area contributed by atoms with Crippen molar-refractivity contribution in [2.75, 3.05) is 6.54 Å². The molecule has 0 aromatic rings. The highest BCUT2D eigenvalue weighted by Gasteiger charge is 2.26. The van der Waals surface area contributed by atoms with Crippen molar-refractivity contribution in [3.8, 4) is 0 Å². The van der Waals surface area contributed by atoms with Gasteiger partial charge in [-0.1, -0.05) is 84.5 Å². The van der Waals surface area contributed by atoms with Crippen LogP contribution in [-0.4, -0.2) is 17.6 Å². The zero-order chi connectivity index (χ0) is 18.0. The number of hydrogen-bond acceptors (Lipinski definition) is 2. The number of nitrogens with two attached hydrogens (primary N) is 1. The smallest absolute Gasteiger partial charge is 0.306 e. The number of carboxylic acids is 1. The van der Waals surface area contributed by atoms with Crippen molar-refractivity contribution in [2.24, 2.45) is 17.6 Å². The van der Waals surface area contributed by atoms with E-state index in [4.69, 9.17) is 5.73 Å². The van der Waals surface area contributed by atoms with Gasteiger partial charge in [0.1, 0.15) is 0 Å². The van der Waals surface area contributed by atoms with Crippen LogP contribution in [0.15, 0.2) is 0 Å². The van der Waals surface area contributed by atoms with E-state index < -0.39 is 5.97 Å². The maximum absolute atomic E-state index is 11.8. The molecule has 0 radical (unpaired) electrons. The van der Waals surface area contributed by atoms with E-state index in [2.05, 4.69) is 13.8 Å². The molecule has 2 atom stereocenters. The molecular formula is C21H43NO2. The second kappa shape index (κ2) is 17.3. The molecule has 24 heavy (non-hydrogen) atoms. The molecular weight excluding hydrogens is 298 g/mol. The van der Waals surface area contributed by atoms with Gasteiger partial charge in [0, 0.05) is 0 Å². The molecule has 0 spiro atoms. The maximum atomic E-state index is 11.8. The van der Waals surface area contributed by atoms with E-state index in [1.165, 1.54) is 51.4 Å². The van der Waals surface area contributed by atoms with Crippen molar-refractivity contribution >= 4 is 5.97 Å². The third-order valence-electron chi connectivity index (χ3n) is 5.21. The minimum absolute atomic E-state index is 0.120. The Morgan fingerprint density at radius 1 is 0.750 bits per heavy atom. The lowest BCUT2D eigenvalue weighted by molar-refractivity contribution is -0.144. The second-order valence-corrected chi connectivity index (χ2v) is 7.40. The van der Waals surface area contributed by atoms with Crippen LogP contribution in [-0.2, 0) is 4.79 Å². The fraction of sp³-hybridized carbons (Fsp3) is 0.952. The van der Waals surface area contributed by atoms with Crippen LogP contribution in [0.4, 0.5) is 0 Å². The van der Waals surface area contributed by atoms with Gasteiger partial charge in [0.15, 0.2) is 0 Å². The number of carboxylic acid groups (broad SMARTS) is 1. The molecule has 2 unspecified atom stereocenters. The quantitative estimate of drug-likeness (QED) is 0.294. The van der Waals surface area contributed by atoms with Gasteiger partial charge in [-0.2, -0.15) is 0 Å². The first-order chi connectivity index (χ1) is 11.7. The zero-order valence-electron chi connectivity index (χ0n) is 16.4. The third kappa shape index (κ3) is 12.8. The van der Waals surface area contributed by atoms with Crippen LogP contribution in [0, 0.1) is 11.8 Å². The predicted molar refractivity (Wildman–Crippen MR) is 104 cm³/mol. The Morgan fingerprint density at radius 2 is 1.21 bits per heavy atom. The van der Waals surface area contributed by atoms with Crippen LogP contribution in [0.5, 0.6) is 0 Å². The van der Waals surface area contributed by atoms with E-state index in [0.29, 0.717) is 5.92 Å². The van der Waals surface area contributed by atoms with E-state index in [9.17, 15) is 9.90 Å². The van der Waals surface area contributed by atoms with Crippen LogP contribution in [0.25, 0.3) is 0 Å². The van der Waals surface area contributed by atoms with E-state index in [-0.39, 0.29) is 5.92 Å². The van der Waals surface area contributed by atoms with Crippen molar-refractivity contribution in [1.29, 1.82) is 0 Å². The lowest BCUT2D eigenvalue weighted by atomic mass is 9.80. The van der Waals surface area contributed by atoms with Gasteiger partial charge in [0.05, 0.1) is 5.92 Å². The largest absolute Gasteiger partial charge is 0.481 e. The van der Waals surface area contributed by atoms with Crippen molar-refractivity contribution in [3.63, 3.8) is 0 Å². The highest BCUT2D eigenvalue weighted by atomic mass is 16.4. The van der Waals surface area contributed by atoms with Gasteiger partial charge >= 0.3 is 5.97 Å². The number of aliphatic carboxylic acids is 1. The molecule has 144 valence electrons. The Morgan fingerprint density at radius 3 is 1.71 bits per heavy atom. The summed E-state index contributed by atoms with van der Waals surface area (Å²) in [5.41, 5.74) is 5.52. The highest BCUT2D eigenvalue weighted by molar-refractivity contribution is 5.70. The Hall–Kier alpha value is -0.570. The van der Waals surface area contributed by atoms with Crippen LogP contribution in [0.2, 0.25) is 0 Å². The molecule has 0 aliphatic carbocycles. The molecule has 0 saturated carbocycles. The third-order valence-corrected chi connectivity index (χ3v) is 5.21. The molecule has 0 heterocycles. The van der Waals surface area contributed by atoms with Gasteiger partial charge in [-0.25, -0.2) is 0 Å². The molecule has 0 saturated heterocycles. The normalized spacial score (nSPS) is 13.8. The predicted octanol–water partition coefficient (Wildman–Crippen LogP) is 6.15. The van der Waals surface area contributed by atoms with Gasteiger partial charge in [-0.05, 0) is 38.1 Å². The first-order valence-electron chi connectivity index (χ1n) is 10.6. The van der Waals surface area contributed by atoms with Crippen molar-refractivity contribution in [3.05, 3.63) is 0 Å². The number of rotatable bonds is 18. The summed E-state index contributed by atoms with van der Waals surface area (Å²) in [6, 6.07) is 0. The lowest BCUT2D eigenvalue weighted by Crippen LogP contribution is -2.24. The molecule has 0 amide bonds. The van der Waals surface area contributed by atoms with Crippen molar-refractivity contribution in [2.45, 2.75) is 110 Å². The first-order valence-corrected chi connectivity index (χ1v) is 10.6. The average molecular weight is 342 g/mol. The average Bonchev–Trinajstić information content (AvgIpc) is 2.56. The summed E-state index contributed by atoms with van der Waals surface area (Å²) in [6.45, 7) is 5.20. The topological polar surface area (TPSA) is 63.3 Å². The molecule has 0 aliphatic heterocycles. The Balaban J connectivity index is 4.27. The molecule has 0 aromatic carbocycles. The van der Waals surface area contributed by atoms with E-state index >= 15 is 0 Å². The summed E-state index contributed by atoms with van der Waals surface area (Å²) in [6.07, 6.45) is 17.5. The van der Waals surface area contributed by atoms with Crippen LogP contribution in [0.3, 0.4) is 0 Å². The molecule has 0 aromatic heterocycles. The van der Waals surface area contributed by atoms with Gasteiger partial charge in [0.25, 0.3) is 0 Å². The molecule has 0 rings (SSSR count). The first kappa shape index (κ1) is 23.4. The highest BCUT2D eigenvalue weighted by Crippen LogP contribution is 2.29. The maximum Gasteiger partial charge on any atom is 0.306 e.